The third-order valence-corrected chi connectivity index (χ3v) is 4.39. The zero-order valence-electron chi connectivity index (χ0n) is 13.4. The standard InChI is InChI=1S/C19H24O3/c1-3-7-13(8-4-2)11-12-16-17(20)14-9-5-6-10-15(14)18(21)19(16)22/h5-6,9-10,13,20H,3-4,7-8,11-12H2,1-2H3. The summed E-state index contributed by atoms with van der Waals surface area (Å²) in [5, 5.41) is 10.4. The zero-order chi connectivity index (χ0) is 16.1. The smallest absolute Gasteiger partial charge is 0.234 e. The Morgan fingerprint density at radius 1 is 0.909 bits per heavy atom. The molecule has 0 fully saturated rings. The average Bonchev–Trinajstić information content (AvgIpc) is 2.53. The van der Waals surface area contributed by atoms with E-state index < -0.39 is 11.6 Å². The second-order valence-corrected chi connectivity index (χ2v) is 6.01. The Labute approximate surface area is 132 Å². The van der Waals surface area contributed by atoms with Gasteiger partial charge in [-0.2, -0.15) is 0 Å². The molecule has 1 aromatic rings. The lowest BCUT2D eigenvalue weighted by atomic mass is 9.84. The summed E-state index contributed by atoms with van der Waals surface area (Å²) in [7, 11) is 0. The van der Waals surface area contributed by atoms with E-state index in [-0.39, 0.29) is 5.76 Å². The highest BCUT2D eigenvalue weighted by Gasteiger charge is 2.32. The van der Waals surface area contributed by atoms with Crippen LogP contribution in [0.15, 0.2) is 29.8 Å². The molecule has 3 nitrogen and oxygen atoms in total. The minimum Gasteiger partial charge on any atom is -0.507 e. The molecule has 0 saturated carbocycles. The summed E-state index contributed by atoms with van der Waals surface area (Å²) in [5.41, 5.74) is 1.10. The number of ketones is 2. The second kappa shape index (κ2) is 7.39. The van der Waals surface area contributed by atoms with Gasteiger partial charge in [-0.1, -0.05) is 63.8 Å². The molecule has 1 aromatic carbocycles. The van der Waals surface area contributed by atoms with Crippen LogP contribution in [-0.4, -0.2) is 16.7 Å². The molecule has 3 heteroatoms. The molecule has 0 atom stereocenters. The first kappa shape index (κ1) is 16.5. The van der Waals surface area contributed by atoms with Gasteiger partial charge >= 0.3 is 0 Å². The molecule has 1 aliphatic carbocycles. The Balaban J connectivity index is 2.22. The van der Waals surface area contributed by atoms with Gasteiger partial charge in [0.05, 0.1) is 0 Å². The molecule has 0 aliphatic heterocycles. The van der Waals surface area contributed by atoms with Crippen LogP contribution in [0.25, 0.3) is 5.76 Å². The number of allylic oxidation sites excluding steroid dienone is 1. The summed E-state index contributed by atoms with van der Waals surface area (Å²) in [4.78, 5) is 24.4. The maximum Gasteiger partial charge on any atom is 0.234 e. The quantitative estimate of drug-likeness (QED) is 0.741. The van der Waals surface area contributed by atoms with Crippen molar-refractivity contribution in [2.24, 2.45) is 5.92 Å². The number of Topliss-reactive ketones (excluding diaryl/α,β-unsaturated/α-hetero) is 2. The molecule has 1 N–H and O–H groups in total. The minimum absolute atomic E-state index is 0.00746. The van der Waals surface area contributed by atoms with Crippen molar-refractivity contribution < 1.29 is 14.7 Å². The van der Waals surface area contributed by atoms with E-state index in [0.717, 1.165) is 32.1 Å². The van der Waals surface area contributed by atoms with Crippen molar-refractivity contribution in [2.75, 3.05) is 0 Å². The molecule has 0 amide bonds. The number of hydrogen-bond acceptors (Lipinski definition) is 3. The fraction of sp³-hybridized carbons (Fsp3) is 0.474. The summed E-state index contributed by atoms with van der Waals surface area (Å²) in [6.07, 6.45) is 5.82. The van der Waals surface area contributed by atoms with Crippen molar-refractivity contribution in [3.05, 3.63) is 41.0 Å². The lowest BCUT2D eigenvalue weighted by molar-refractivity contribution is -0.112. The number of carbonyl (C=O) groups excluding carboxylic acids is 2. The lowest BCUT2D eigenvalue weighted by Gasteiger charge is -2.20. The highest BCUT2D eigenvalue weighted by molar-refractivity contribution is 6.52. The van der Waals surface area contributed by atoms with E-state index in [4.69, 9.17) is 0 Å². The normalized spacial score (nSPS) is 14.7. The minimum atomic E-state index is -0.539. The number of carbonyl (C=O) groups is 2. The first-order valence-electron chi connectivity index (χ1n) is 8.20. The van der Waals surface area contributed by atoms with Crippen molar-refractivity contribution in [3.8, 4) is 0 Å². The van der Waals surface area contributed by atoms with Gasteiger partial charge < -0.3 is 5.11 Å². The van der Waals surface area contributed by atoms with E-state index in [0.29, 0.717) is 29.0 Å². The van der Waals surface area contributed by atoms with Gasteiger partial charge in [0.15, 0.2) is 0 Å². The fourth-order valence-electron chi connectivity index (χ4n) is 3.25. The van der Waals surface area contributed by atoms with E-state index in [2.05, 4.69) is 13.8 Å². The Kier molecular flexibility index (Phi) is 5.53. The van der Waals surface area contributed by atoms with Gasteiger partial charge in [0, 0.05) is 16.7 Å². The predicted octanol–water partition coefficient (Wildman–Crippen LogP) is 4.72. The van der Waals surface area contributed by atoms with Crippen molar-refractivity contribution in [3.63, 3.8) is 0 Å². The van der Waals surface area contributed by atoms with Gasteiger partial charge in [0.2, 0.25) is 11.6 Å². The van der Waals surface area contributed by atoms with Crippen molar-refractivity contribution in [1.29, 1.82) is 0 Å². The van der Waals surface area contributed by atoms with Crippen LogP contribution in [0.2, 0.25) is 0 Å². The van der Waals surface area contributed by atoms with Gasteiger partial charge in [0.1, 0.15) is 5.76 Å². The van der Waals surface area contributed by atoms with E-state index in [1.165, 1.54) is 0 Å². The summed E-state index contributed by atoms with van der Waals surface area (Å²) in [6.45, 7) is 4.32. The Morgan fingerprint density at radius 2 is 1.50 bits per heavy atom. The first-order valence-corrected chi connectivity index (χ1v) is 8.20. The molecule has 0 saturated heterocycles. The van der Waals surface area contributed by atoms with Crippen LogP contribution in [0.4, 0.5) is 0 Å². The molecule has 118 valence electrons. The molecule has 0 bridgehead atoms. The van der Waals surface area contributed by atoms with Crippen molar-refractivity contribution in [2.45, 2.75) is 52.4 Å². The van der Waals surface area contributed by atoms with Crippen molar-refractivity contribution in [1.82, 2.24) is 0 Å². The van der Waals surface area contributed by atoms with Gasteiger partial charge in [-0.15, -0.1) is 0 Å². The highest BCUT2D eigenvalue weighted by Crippen LogP contribution is 2.31. The molecule has 1 aliphatic rings. The average molecular weight is 300 g/mol. The fourth-order valence-corrected chi connectivity index (χ4v) is 3.25. The molecule has 0 heterocycles. The van der Waals surface area contributed by atoms with Crippen LogP contribution in [0, 0.1) is 5.92 Å². The van der Waals surface area contributed by atoms with Crippen LogP contribution in [0.5, 0.6) is 0 Å². The Morgan fingerprint density at radius 3 is 2.09 bits per heavy atom. The molecule has 0 spiro atoms. The van der Waals surface area contributed by atoms with Crippen LogP contribution in [0.1, 0.15) is 68.3 Å². The lowest BCUT2D eigenvalue weighted by Crippen LogP contribution is -2.24. The number of hydrogen-bond donors (Lipinski definition) is 1. The van der Waals surface area contributed by atoms with Crippen molar-refractivity contribution >= 4 is 17.3 Å². The van der Waals surface area contributed by atoms with E-state index in [1.54, 1.807) is 24.3 Å². The second-order valence-electron chi connectivity index (χ2n) is 6.01. The van der Waals surface area contributed by atoms with Crippen LogP contribution < -0.4 is 0 Å². The molecule has 0 unspecified atom stereocenters. The molecule has 2 rings (SSSR count). The Bertz CT molecular complexity index is 592. The largest absolute Gasteiger partial charge is 0.507 e. The molecular formula is C19H24O3. The topological polar surface area (TPSA) is 54.4 Å². The van der Waals surface area contributed by atoms with E-state index in [9.17, 15) is 14.7 Å². The number of fused-ring (bicyclic) bond motifs is 1. The summed E-state index contributed by atoms with van der Waals surface area (Å²) in [5.74, 6) is -0.490. The number of benzene rings is 1. The third-order valence-electron chi connectivity index (χ3n) is 4.39. The molecular weight excluding hydrogens is 276 g/mol. The maximum absolute atomic E-state index is 12.3. The highest BCUT2D eigenvalue weighted by atomic mass is 16.3. The SMILES string of the molecule is CCCC(CCC)CCC1=C(O)c2ccccc2C(=O)C1=O. The molecule has 0 radical (unpaired) electrons. The van der Waals surface area contributed by atoms with Crippen LogP contribution in [0.3, 0.4) is 0 Å². The third kappa shape index (κ3) is 3.29. The Hall–Kier alpha value is -1.90. The molecule has 0 aromatic heterocycles. The van der Waals surface area contributed by atoms with Gasteiger partial charge in [0.25, 0.3) is 0 Å². The summed E-state index contributed by atoms with van der Waals surface area (Å²) in [6, 6.07) is 6.78. The molecule has 22 heavy (non-hydrogen) atoms. The van der Waals surface area contributed by atoms with Crippen LogP contribution >= 0.6 is 0 Å². The monoisotopic (exact) mass is 300 g/mol. The number of aliphatic hydroxyl groups excluding tert-OH is 1. The number of aliphatic hydroxyl groups is 1. The van der Waals surface area contributed by atoms with Gasteiger partial charge in [-0.3, -0.25) is 9.59 Å². The first-order chi connectivity index (χ1) is 10.6. The van der Waals surface area contributed by atoms with Gasteiger partial charge in [-0.25, -0.2) is 0 Å². The summed E-state index contributed by atoms with van der Waals surface area (Å²) >= 11 is 0. The number of rotatable bonds is 7. The summed E-state index contributed by atoms with van der Waals surface area (Å²) < 4.78 is 0. The maximum atomic E-state index is 12.3. The van der Waals surface area contributed by atoms with Crippen LogP contribution in [-0.2, 0) is 4.79 Å². The zero-order valence-corrected chi connectivity index (χ0v) is 13.4. The van der Waals surface area contributed by atoms with Gasteiger partial charge in [-0.05, 0) is 18.8 Å². The predicted molar refractivity (Wildman–Crippen MR) is 87.9 cm³/mol. The van der Waals surface area contributed by atoms with E-state index in [1.807, 2.05) is 0 Å². The van der Waals surface area contributed by atoms with E-state index >= 15 is 0 Å².